The third-order valence-electron chi connectivity index (χ3n) is 2.33. The second kappa shape index (κ2) is 7.06. The number of carbonyl (C=O) groups is 2. The van der Waals surface area contributed by atoms with E-state index in [0.29, 0.717) is 5.13 Å². The highest BCUT2D eigenvalue weighted by Gasteiger charge is 2.10. The summed E-state index contributed by atoms with van der Waals surface area (Å²) in [7, 11) is 0. The van der Waals surface area contributed by atoms with E-state index in [1.54, 1.807) is 6.20 Å². The van der Waals surface area contributed by atoms with Crippen LogP contribution in [0.3, 0.4) is 0 Å². The normalized spacial score (nSPS) is 10.2. The van der Waals surface area contributed by atoms with Crippen LogP contribution in [0.15, 0.2) is 40.7 Å². The molecule has 1 aromatic carbocycles. The SMILES string of the molecule is Nc1ncc(SCC(=O)NC(=O)Cc2ccccc2)s1. The van der Waals surface area contributed by atoms with Gasteiger partial charge in [0.15, 0.2) is 5.13 Å². The number of rotatable bonds is 5. The quantitative estimate of drug-likeness (QED) is 0.821. The summed E-state index contributed by atoms with van der Waals surface area (Å²) in [5.74, 6) is -0.448. The number of benzene rings is 1. The number of hydrogen-bond donors (Lipinski definition) is 2. The average Bonchev–Trinajstić information content (AvgIpc) is 2.83. The van der Waals surface area contributed by atoms with E-state index in [0.717, 1.165) is 9.77 Å². The molecule has 20 heavy (non-hydrogen) atoms. The summed E-state index contributed by atoms with van der Waals surface area (Å²) in [5, 5.41) is 2.83. The molecule has 1 aromatic heterocycles. The van der Waals surface area contributed by atoms with Crippen molar-refractivity contribution in [2.45, 2.75) is 10.6 Å². The number of amides is 2. The topological polar surface area (TPSA) is 85.1 Å². The maximum absolute atomic E-state index is 11.7. The number of imide groups is 1. The van der Waals surface area contributed by atoms with Gasteiger partial charge in [0.05, 0.1) is 22.6 Å². The molecule has 2 rings (SSSR count). The van der Waals surface area contributed by atoms with Gasteiger partial charge in [0.2, 0.25) is 11.8 Å². The Morgan fingerprint density at radius 2 is 2.00 bits per heavy atom. The van der Waals surface area contributed by atoms with Gasteiger partial charge in [-0.05, 0) is 5.56 Å². The van der Waals surface area contributed by atoms with Gasteiger partial charge in [-0.1, -0.05) is 41.7 Å². The molecule has 0 aliphatic carbocycles. The van der Waals surface area contributed by atoms with Crippen molar-refractivity contribution in [1.82, 2.24) is 10.3 Å². The van der Waals surface area contributed by atoms with Crippen LogP contribution in [0.1, 0.15) is 5.56 Å². The van der Waals surface area contributed by atoms with Crippen LogP contribution in [0.2, 0.25) is 0 Å². The van der Waals surface area contributed by atoms with Gasteiger partial charge >= 0.3 is 0 Å². The Kier molecular flexibility index (Phi) is 5.14. The predicted molar refractivity (Wildman–Crippen MR) is 80.5 cm³/mol. The molecule has 2 aromatic rings. The number of anilines is 1. The Morgan fingerprint density at radius 3 is 2.65 bits per heavy atom. The maximum Gasteiger partial charge on any atom is 0.236 e. The monoisotopic (exact) mass is 307 g/mol. The molecular formula is C13H13N3O2S2. The van der Waals surface area contributed by atoms with E-state index in [4.69, 9.17) is 5.73 Å². The van der Waals surface area contributed by atoms with E-state index in [-0.39, 0.29) is 24.0 Å². The van der Waals surface area contributed by atoms with Crippen LogP contribution >= 0.6 is 23.1 Å². The van der Waals surface area contributed by atoms with Crippen molar-refractivity contribution in [3.05, 3.63) is 42.1 Å². The molecule has 2 amide bonds. The molecule has 0 spiro atoms. The molecule has 0 bridgehead atoms. The van der Waals surface area contributed by atoms with Gasteiger partial charge in [0.25, 0.3) is 0 Å². The minimum Gasteiger partial charge on any atom is -0.375 e. The molecule has 7 heteroatoms. The molecule has 0 radical (unpaired) electrons. The van der Waals surface area contributed by atoms with Gasteiger partial charge in [-0.15, -0.1) is 11.8 Å². The Hall–Kier alpha value is -1.86. The number of carbonyl (C=O) groups excluding carboxylic acids is 2. The maximum atomic E-state index is 11.7. The van der Waals surface area contributed by atoms with Crippen LogP contribution in [0.25, 0.3) is 0 Å². The fourth-order valence-electron chi connectivity index (χ4n) is 1.49. The average molecular weight is 307 g/mol. The van der Waals surface area contributed by atoms with E-state index >= 15 is 0 Å². The Bertz CT molecular complexity index is 599. The van der Waals surface area contributed by atoms with Gasteiger partial charge in [-0.3, -0.25) is 14.9 Å². The van der Waals surface area contributed by atoms with Crippen LogP contribution in [0.4, 0.5) is 5.13 Å². The summed E-state index contributed by atoms with van der Waals surface area (Å²) in [4.78, 5) is 27.2. The summed E-state index contributed by atoms with van der Waals surface area (Å²) in [5.41, 5.74) is 6.37. The van der Waals surface area contributed by atoms with E-state index in [1.807, 2.05) is 30.3 Å². The van der Waals surface area contributed by atoms with Gasteiger partial charge in [-0.25, -0.2) is 4.98 Å². The first-order chi connectivity index (χ1) is 9.63. The summed E-state index contributed by atoms with van der Waals surface area (Å²) in [6.45, 7) is 0. The highest BCUT2D eigenvalue weighted by atomic mass is 32.2. The smallest absolute Gasteiger partial charge is 0.236 e. The second-order valence-corrected chi connectivity index (χ2v) is 6.28. The molecule has 0 aliphatic heterocycles. The molecule has 0 fully saturated rings. The predicted octanol–water partition coefficient (Wildman–Crippen LogP) is 1.70. The minimum absolute atomic E-state index is 0.169. The lowest BCUT2D eigenvalue weighted by Crippen LogP contribution is -2.32. The van der Waals surface area contributed by atoms with Crippen LogP contribution in [0, 0.1) is 0 Å². The van der Waals surface area contributed by atoms with Gasteiger partial charge in [0, 0.05) is 0 Å². The Balaban J connectivity index is 1.75. The number of nitrogens with one attached hydrogen (secondary N) is 1. The van der Waals surface area contributed by atoms with Crippen molar-refractivity contribution in [1.29, 1.82) is 0 Å². The lowest BCUT2D eigenvalue weighted by Gasteiger charge is -2.03. The van der Waals surface area contributed by atoms with Crippen molar-refractivity contribution in [2.75, 3.05) is 11.5 Å². The number of thioether (sulfide) groups is 1. The molecule has 104 valence electrons. The fourth-order valence-corrected chi connectivity index (χ4v) is 3.05. The van der Waals surface area contributed by atoms with Crippen LogP contribution in [0.5, 0.6) is 0 Å². The largest absolute Gasteiger partial charge is 0.375 e. The summed E-state index contributed by atoms with van der Waals surface area (Å²) < 4.78 is 0.855. The number of thiazole rings is 1. The van der Waals surface area contributed by atoms with E-state index in [9.17, 15) is 9.59 Å². The Morgan fingerprint density at radius 1 is 1.25 bits per heavy atom. The fraction of sp³-hybridized carbons (Fsp3) is 0.154. The van der Waals surface area contributed by atoms with E-state index in [1.165, 1.54) is 23.1 Å². The molecule has 0 saturated heterocycles. The zero-order valence-corrected chi connectivity index (χ0v) is 12.2. The zero-order chi connectivity index (χ0) is 14.4. The number of nitrogen functional groups attached to an aromatic ring is 1. The van der Waals surface area contributed by atoms with Gasteiger partial charge < -0.3 is 5.73 Å². The van der Waals surface area contributed by atoms with Crippen LogP contribution < -0.4 is 11.1 Å². The standard InChI is InChI=1S/C13H13N3O2S2/c14-13-15-7-12(20-13)19-8-11(18)16-10(17)6-9-4-2-1-3-5-9/h1-5,7H,6,8H2,(H2,14,15)(H,16,17,18). The molecule has 0 aliphatic rings. The van der Waals surface area contributed by atoms with Crippen LogP contribution in [-0.2, 0) is 16.0 Å². The van der Waals surface area contributed by atoms with Crippen LogP contribution in [-0.4, -0.2) is 22.6 Å². The molecule has 0 atom stereocenters. The van der Waals surface area contributed by atoms with Crippen molar-refractivity contribution < 1.29 is 9.59 Å². The van der Waals surface area contributed by atoms with E-state index in [2.05, 4.69) is 10.3 Å². The molecule has 3 N–H and O–H groups in total. The highest BCUT2D eigenvalue weighted by Crippen LogP contribution is 2.25. The molecule has 0 saturated carbocycles. The highest BCUT2D eigenvalue weighted by molar-refractivity contribution is 8.01. The number of hydrogen-bond acceptors (Lipinski definition) is 6. The summed E-state index contributed by atoms with van der Waals surface area (Å²) in [6, 6.07) is 9.28. The van der Waals surface area contributed by atoms with Crippen molar-refractivity contribution in [3.8, 4) is 0 Å². The zero-order valence-electron chi connectivity index (χ0n) is 10.5. The molecular weight excluding hydrogens is 294 g/mol. The first-order valence-corrected chi connectivity index (χ1v) is 7.64. The number of aromatic nitrogens is 1. The first-order valence-electron chi connectivity index (χ1n) is 5.84. The third-order valence-corrected chi connectivity index (χ3v) is 4.36. The third kappa shape index (κ3) is 4.67. The van der Waals surface area contributed by atoms with Crippen molar-refractivity contribution in [2.24, 2.45) is 0 Å². The number of nitrogens with two attached hydrogens (primary N) is 1. The summed E-state index contributed by atoms with van der Waals surface area (Å²) in [6.07, 6.45) is 1.81. The Labute approximate surface area is 124 Å². The molecule has 5 nitrogen and oxygen atoms in total. The lowest BCUT2D eigenvalue weighted by molar-refractivity contribution is -0.128. The molecule has 0 unspecified atom stereocenters. The number of nitrogens with zero attached hydrogens (tertiary/aromatic N) is 1. The van der Waals surface area contributed by atoms with E-state index < -0.39 is 0 Å². The summed E-state index contributed by atoms with van der Waals surface area (Å²) >= 11 is 2.63. The first kappa shape index (κ1) is 14.5. The second-order valence-electron chi connectivity index (χ2n) is 3.94. The van der Waals surface area contributed by atoms with Gasteiger partial charge in [-0.2, -0.15) is 0 Å². The minimum atomic E-state index is -0.317. The molecule has 1 heterocycles. The van der Waals surface area contributed by atoms with Crippen molar-refractivity contribution >= 4 is 40.0 Å². The van der Waals surface area contributed by atoms with Gasteiger partial charge in [0.1, 0.15) is 0 Å². The lowest BCUT2D eigenvalue weighted by atomic mass is 10.1. The van der Waals surface area contributed by atoms with Crippen molar-refractivity contribution in [3.63, 3.8) is 0 Å².